The summed E-state index contributed by atoms with van der Waals surface area (Å²) in [7, 11) is 1.49. The molecule has 1 aliphatic rings. The Balaban J connectivity index is 1.75. The molecule has 2 aromatic carbocycles. The Kier molecular flexibility index (Phi) is 4.40. The molecule has 29 heavy (non-hydrogen) atoms. The molecule has 0 saturated carbocycles. The van der Waals surface area contributed by atoms with Crippen LogP contribution in [0.1, 0.15) is 11.1 Å². The van der Waals surface area contributed by atoms with Gasteiger partial charge in [-0.25, -0.2) is 14.6 Å². The second-order valence-electron chi connectivity index (χ2n) is 6.02. The molecule has 0 spiro atoms. The third-order valence-electron chi connectivity index (χ3n) is 4.22. The number of non-ortho nitro benzene ring substituents is 1. The standard InChI is InChI=1S/C20H12N2O7/c1-27-14-6-7-15-12(9-18(23)28-17(15)10-14)8-16-20(24)29-19(21-16)11-2-4-13(5-3-11)22(25)26/h2-10H,1H3/b16-8-. The number of ether oxygens (including phenoxy) is 2. The van der Waals surface area contributed by atoms with Gasteiger partial charge < -0.3 is 13.9 Å². The summed E-state index contributed by atoms with van der Waals surface area (Å²) < 4.78 is 15.5. The van der Waals surface area contributed by atoms with Crippen LogP contribution in [0.15, 0.2) is 68.4 Å². The van der Waals surface area contributed by atoms with E-state index in [0.717, 1.165) is 0 Å². The number of nitro groups is 1. The van der Waals surface area contributed by atoms with Crippen LogP contribution in [0.4, 0.5) is 5.69 Å². The number of hydrogen-bond donors (Lipinski definition) is 0. The van der Waals surface area contributed by atoms with Crippen LogP contribution in [0.2, 0.25) is 0 Å². The Hall–Kier alpha value is -4.27. The summed E-state index contributed by atoms with van der Waals surface area (Å²) in [6, 6.07) is 11.7. The van der Waals surface area contributed by atoms with Crippen LogP contribution >= 0.6 is 0 Å². The summed E-state index contributed by atoms with van der Waals surface area (Å²) in [6.45, 7) is 0. The number of rotatable bonds is 4. The van der Waals surface area contributed by atoms with Crippen LogP contribution in [-0.4, -0.2) is 23.9 Å². The molecule has 0 bridgehead atoms. The third kappa shape index (κ3) is 3.48. The second-order valence-corrected chi connectivity index (χ2v) is 6.02. The van der Waals surface area contributed by atoms with E-state index in [9.17, 15) is 19.7 Å². The topological polar surface area (TPSA) is 121 Å². The quantitative estimate of drug-likeness (QED) is 0.220. The Morgan fingerprint density at radius 2 is 1.86 bits per heavy atom. The zero-order chi connectivity index (χ0) is 20.5. The highest BCUT2D eigenvalue weighted by Gasteiger charge is 2.25. The van der Waals surface area contributed by atoms with Gasteiger partial charge in [-0.05, 0) is 35.9 Å². The van der Waals surface area contributed by atoms with Crippen LogP contribution in [-0.2, 0) is 9.53 Å². The van der Waals surface area contributed by atoms with E-state index < -0.39 is 16.5 Å². The van der Waals surface area contributed by atoms with Crippen molar-refractivity contribution in [1.82, 2.24) is 0 Å². The molecular weight excluding hydrogens is 380 g/mol. The van der Waals surface area contributed by atoms with E-state index in [-0.39, 0.29) is 17.3 Å². The minimum absolute atomic E-state index is 0.0129. The van der Waals surface area contributed by atoms with Crippen molar-refractivity contribution in [2.45, 2.75) is 0 Å². The number of carbonyl (C=O) groups is 1. The number of aliphatic imine (C=N–C) groups is 1. The van der Waals surface area contributed by atoms with Crippen LogP contribution < -0.4 is 10.4 Å². The van der Waals surface area contributed by atoms with Crippen LogP contribution in [0.5, 0.6) is 5.75 Å². The van der Waals surface area contributed by atoms with Gasteiger partial charge in [0, 0.05) is 35.2 Å². The van der Waals surface area contributed by atoms with Gasteiger partial charge in [-0.15, -0.1) is 0 Å². The molecule has 0 radical (unpaired) electrons. The molecule has 3 aromatic rings. The predicted octanol–water partition coefficient (Wildman–Crippen LogP) is 3.05. The molecule has 9 nitrogen and oxygen atoms in total. The van der Waals surface area contributed by atoms with E-state index in [4.69, 9.17) is 13.9 Å². The number of methoxy groups -OCH3 is 1. The molecule has 0 unspecified atom stereocenters. The van der Waals surface area contributed by atoms with Gasteiger partial charge in [-0.1, -0.05) is 0 Å². The molecule has 0 aliphatic carbocycles. The van der Waals surface area contributed by atoms with E-state index in [0.29, 0.717) is 27.8 Å². The first-order valence-electron chi connectivity index (χ1n) is 8.34. The number of nitrogens with zero attached hydrogens (tertiary/aromatic N) is 2. The molecule has 1 aliphatic heterocycles. The first-order chi connectivity index (χ1) is 13.9. The summed E-state index contributed by atoms with van der Waals surface area (Å²) in [5, 5.41) is 11.3. The van der Waals surface area contributed by atoms with Crippen molar-refractivity contribution in [2.75, 3.05) is 7.11 Å². The molecule has 0 atom stereocenters. The molecule has 2 heterocycles. The summed E-state index contributed by atoms with van der Waals surface area (Å²) in [6.07, 6.45) is 1.42. The lowest BCUT2D eigenvalue weighted by Crippen LogP contribution is -2.05. The number of hydrogen-bond acceptors (Lipinski definition) is 8. The van der Waals surface area contributed by atoms with Gasteiger partial charge in [0.15, 0.2) is 5.70 Å². The second kappa shape index (κ2) is 7.04. The van der Waals surface area contributed by atoms with Crippen LogP contribution in [0, 0.1) is 10.1 Å². The zero-order valence-corrected chi connectivity index (χ0v) is 14.9. The summed E-state index contributed by atoms with van der Waals surface area (Å²) in [5.74, 6) is -0.164. The Bertz CT molecular complexity index is 1270. The van der Waals surface area contributed by atoms with Gasteiger partial charge in [-0.2, -0.15) is 0 Å². The van der Waals surface area contributed by atoms with E-state index in [1.807, 2.05) is 0 Å². The minimum Gasteiger partial charge on any atom is -0.497 e. The Morgan fingerprint density at radius 3 is 2.55 bits per heavy atom. The Morgan fingerprint density at radius 1 is 1.10 bits per heavy atom. The molecule has 0 fully saturated rings. The lowest BCUT2D eigenvalue weighted by Gasteiger charge is -2.04. The number of esters is 1. The number of benzene rings is 2. The van der Waals surface area contributed by atoms with Gasteiger partial charge >= 0.3 is 11.6 Å². The van der Waals surface area contributed by atoms with Gasteiger partial charge in [-0.3, -0.25) is 10.1 Å². The maximum Gasteiger partial charge on any atom is 0.363 e. The van der Waals surface area contributed by atoms with Crippen molar-refractivity contribution in [3.63, 3.8) is 0 Å². The highest BCUT2D eigenvalue weighted by atomic mass is 16.6. The highest BCUT2D eigenvalue weighted by molar-refractivity contribution is 6.13. The molecular formula is C20H12N2O7. The third-order valence-corrected chi connectivity index (χ3v) is 4.22. The first kappa shape index (κ1) is 18.1. The smallest absolute Gasteiger partial charge is 0.363 e. The predicted molar refractivity (Wildman–Crippen MR) is 103 cm³/mol. The number of fused-ring (bicyclic) bond motifs is 1. The van der Waals surface area contributed by atoms with Crippen molar-refractivity contribution < 1.29 is 23.6 Å². The molecule has 0 amide bonds. The van der Waals surface area contributed by atoms with E-state index in [1.54, 1.807) is 18.2 Å². The monoisotopic (exact) mass is 392 g/mol. The molecule has 9 heteroatoms. The molecule has 4 rings (SSSR count). The number of carbonyl (C=O) groups excluding carboxylic acids is 1. The zero-order valence-electron chi connectivity index (χ0n) is 14.9. The molecule has 144 valence electrons. The number of cyclic esters (lactones) is 1. The van der Waals surface area contributed by atoms with Gasteiger partial charge in [0.2, 0.25) is 5.90 Å². The first-order valence-corrected chi connectivity index (χ1v) is 8.34. The van der Waals surface area contributed by atoms with Crippen molar-refractivity contribution in [3.05, 3.63) is 85.9 Å². The van der Waals surface area contributed by atoms with Crippen LogP contribution in [0.25, 0.3) is 17.0 Å². The average Bonchev–Trinajstić information content (AvgIpc) is 3.07. The minimum atomic E-state index is -0.701. The molecule has 0 saturated heterocycles. The maximum absolute atomic E-state index is 12.2. The van der Waals surface area contributed by atoms with Gasteiger partial charge in [0.25, 0.3) is 5.69 Å². The average molecular weight is 392 g/mol. The fourth-order valence-corrected chi connectivity index (χ4v) is 2.82. The van der Waals surface area contributed by atoms with Crippen molar-refractivity contribution in [1.29, 1.82) is 0 Å². The fourth-order valence-electron chi connectivity index (χ4n) is 2.82. The lowest BCUT2D eigenvalue weighted by atomic mass is 10.1. The largest absolute Gasteiger partial charge is 0.497 e. The fraction of sp³-hybridized carbons (Fsp3) is 0.0500. The van der Waals surface area contributed by atoms with E-state index in [2.05, 4.69) is 4.99 Å². The van der Waals surface area contributed by atoms with Crippen molar-refractivity contribution >= 4 is 34.6 Å². The van der Waals surface area contributed by atoms with E-state index >= 15 is 0 Å². The summed E-state index contributed by atoms with van der Waals surface area (Å²) in [5.41, 5.74) is 0.445. The van der Waals surface area contributed by atoms with Crippen LogP contribution in [0.3, 0.4) is 0 Å². The number of nitro benzene ring substituents is 1. The summed E-state index contributed by atoms with van der Waals surface area (Å²) >= 11 is 0. The SMILES string of the molecule is COc1ccc2c(/C=C3\N=C(c4ccc([N+](=O)[O-])cc4)OC3=O)cc(=O)oc2c1. The van der Waals surface area contributed by atoms with Gasteiger partial charge in [0.05, 0.1) is 12.0 Å². The maximum atomic E-state index is 12.2. The Labute approximate surface area is 162 Å². The summed E-state index contributed by atoms with van der Waals surface area (Å²) in [4.78, 5) is 38.5. The lowest BCUT2D eigenvalue weighted by molar-refractivity contribution is -0.384. The van der Waals surface area contributed by atoms with E-state index in [1.165, 1.54) is 43.5 Å². The van der Waals surface area contributed by atoms with Crippen molar-refractivity contribution in [2.24, 2.45) is 4.99 Å². The highest BCUT2D eigenvalue weighted by Crippen LogP contribution is 2.26. The molecule has 1 aromatic heterocycles. The van der Waals surface area contributed by atoms with Crippen molar-refractivity contribution in [3.8, 4) is 5.75 Å². The normalized spacial score (nSPS) is 14.7. The van der Waals surface area contributed by atoms with Gasteiger partial charge in [0.1, 0.15) is 11.3 Å². The molecule has 0 N–H and O–H groups in total.